The highest BCUT2D eigenvalue weighted by Crippen LogP contribution is 2.32. The van der Waals surface area contributed by atoms with Gasteiger partial charge in [0, 0.05) is 6.20 Å². The van der Waals surface area contributed by atoms with Gasteiger partial charge in [0.05, 0.1) is 21.3 Å². The third-order valence-electron chi connectivity index (χ3n) is 1.61. The lowest BCUT2D eigenvalue weighted by atomic mass is 10.2. The molecule has 0 aliphatic rings. The van der Waals surface area contributed by atoms with E-state index in [9.17, 15) is 13.6 Å². The van der Waals surface area contributed by atoms with Crippen molar-refractivity contribution in [3.8, 4) is 0 Å². The molecular formula is C8H5ClF2INO2. The number of rotatable bonds is 2. The predicted molar refractivity (Wildman–Crippen MR) is 58.3 cm³/mol. The number of alkyl halides is 2. The molecule has 7 heteroatoms. The van der Waals surface area contributed by atoms with Crippen molar-refractivity contribution < 1.29 is 18.3 Å². The molecule has 1 rings (SSSR count). The summed E-state index contributed by atoms with van der Waals surface area (Å²) in [5.74, 6) is -0.927. The van der Waals surface area contributed by atoms with Crippen molar-refractivity contribution in [2.24, 2.45) is 0 Å². The molecule has 0 saturated carbocycles. The number of nitrogens with zero attached hydrogens (tertiary/aromatic N) is 1. The van der Waals surface area contributed by atoms with Gasteiger partial charge >= 0.3 is 5.97 Å². The predicted octanol–water partition coefficient (Wildman–Crippen LogP) is 3.06. The number of pyridine rings is 1. The van der Waals surface area contributed by atoms with E-state index in [1.54, 1.807) is 22.6 Å². The van der Waals surface area contributed by atoms with E-state index in [1.807, 2.05) is 0 Å². The summed E-state index contributed by atoms with van der Waals surface area (Å²) >= 11 is 7.41. The maximum atomic E-state index is 12.6. The van der Waals surface area contributed by atoms with E-state index in [0.29, 0.717) is 3.57 Å². The Morgan fingerprint density at radius 1 is 1.67 bits per heavy atom. The highest BCUT2D eigenvalue weighted by molar-refractivity contribution is 14.1. The fourth-order valence-corrected chi connectivity index (χ4v) is 1.59. The molecule has 0 aliphatic heterocycles. The van der Waals surface area contributed by atoms with Gasteiger partial charge in [-0.3, -0.25) is 0 Å². The minimum atomic E-state index is -2.87. The van der Waals surface area contributed by atoms with Gasteiger partial charge in [0.25, 0.3) is 6.43 Å². The summed E-state index contributed by atoms with van der Waals surface area (Å²) in [5.41, 5.74) is -1.03. The van der Waals surface area contributed by atoms with Crippen LogP contribution in [-0.2, 0) is 4.74 Å². The van der Waals surface area contributed by atoms with Gasteiger partial charge in [0.15, 0.2) is 5.69 Å². The Hall–Kier alpha value is -0.500. The van der Waals surface area contributed by atoms with Crippen molar-refractivity contribution in [2.45, 2.75) is 6.43 Å². The largest absolute Gasteiger partial charge is 0.464 e. The third kappa shape index (κ3) is 2.54. The maximum Gasteiger partial charge on any atom is 0.357 e. The first-order valence-electron chi connectivity index (χ1n) is 3.69. The Morgan fingerprint density at radius 3 is 2.73 bits per heavy atom. The summed E-state index contributed by atoms with van der Waals surface area (Å²) in [7, 11) is 1.09. The van der Waals surface area contributed by atoms with E-state index in [2.05, 4.69) is 9.72 Å². The monoisotopic (exact) mass is 347 g/mol. The molecule has 0 spiro atoms. The van der Waals surface area contributed by atoms with Gasteiger partial charge in [0.2, 0.25) is 0 Å². The van der Waals surface area contributed by atoms with Crippen LogP contribution in [0, 0.1) is 3.57 Å². The molecule has 0 N–H and O–H groups in total. The zero-order chi connectivity index (χ0) is 11.6. The molecule has 3 nitrogen and oxygen atoms in total. The van der Waals surface area contributed by atoms with Crippen LogP contribution in [0.1, 0.15) is 22.5 Å². The third-order valence-corrected chi connectivity index (χ3v) is 3.15. The molecule has 15 heavy (non-hydrogen) atoms. The number of methoxy groups -OCH3 is 1. The summed E-state index contributed by atoms with van der Waals surface area (Å²) < 4.78 is 29.9. The zero-order valence-electron chi connectivity index (χ0n) is 7.43. The van der Waals surface area contributed by atoms with Crippen LogP contribution in [-0.4, -0.2) is 18.1 Å². The Kier molecular flexibility index (Phi) is 4.21. The van der Waals surface area contributed by atoms with Crippen LogP contribution in [0.3, 0.4) is 0 Å². The molecule has 0 saturated heterocycles. The first kappa shape index (κ1) is 12.6. The van der Waals surface area contributed by atoms with Crippen LogP contribution in [0.2, 0.25) is 5.02 Å². The average molecular weight is 347 g/mol. The fourth-order valence-electron chi connectivity index (χ4n) is 0.939. The van der Waals surface area contributed by atoms with Crippen LogP contribution in [0.15, 0.2) is 6.20 Å². The molecule has 82 valence electrons. The second kappa shape index (κ2) is 5.02. The lowest BCUT2D eigenvalue weighted by Crippen LogP contribution is -2.10. The summed E-state index contributed by atoms with van der Waals surface area (Å²) in [6, 6.07) is 0. The summed E-state index contributed by atoms with van der Waals surface area (Å²) in [5, 5.41) is -0.166. The second-order valence-electron chi connectivity index (χ2n) is 2.47. The van der Waals surface area contributed by atoms with Crippen molar-refractivity contribution in [2.75, 3.05) is 7.11 Å². The fraction of sp³-hybridized carbons (Fsp3) is 0.250. The molecule has 0 atom stereocenters. The quantitative estimate of drug-likeness (QED) is 0.610. The number of carbonyl (C=O) groups is 1. The SMILES string of the molecule is COC(=O)c1ncc(I)c(Cl)c1C(F)F. The number of hydrogen-bond acceptors (Lipinski definition) is 3. The Balaban J connectivity index is 3.40. The van der Waals surface area contributed by atoms with Gasteiger partial charge < -0.3 is 4.74 Å². The molecule has 0 aliphatic carbocycles. The molecule has 0 unspecified atom stereocenters. The summed E-state index contributed by atoms with van der Waals surface area (Å²) in [6.45, 7) is 0. The standard InChI is InChI=1S/C8H5ClF2INO2/c1-15-8(14)6-4(7(10)11)5(9)3(12)2-13-6/h2,7H,1H3. The number of esters is 1. The van der Waals surface area contributed by atoms with Gasteiger partial charge in [-0.15, -0.1) is 0 Å². The highest BCUT2D eigenvalue weighted by Gasteiger charge is 2.25. The lowest BCUT2D eigenvalue weighted by Gasteiger charge is -2.08. The number of halogens is 4. The van der Waals surface area contributed by atoms with Gasteiger partial charge in [0.1, 0.15) is 0 Å². The molecule has 0 radical (unpaired) electrons. The van der Waals surface area contributed by atoms with Crippen LogP contribution >= 0.6 is 34.2 Å². The van der Waals surface area contributed by atoms with Crippen LogP contribution in [0.25, 0.3) is 0 Å². The topological polar surface area (TPSA) is 39.2 Å². The van der Waals surface area contributed by atoms with Crippen LogP contribution in [0.4, 0.5) is 8.78 Å². The summed E-state index contributed by atoms with van der Waals surface area (Å²) in [4.78, 5) is 14.7. The van der Waals surface area contributed by atoms with Crippen LogP contribution in [0.5, 0.6) is 0 Å². The normalized spacial score (nSPS) is 10.5. The van der Waals surface area contributed by atoms with Gasteiger partial charge in [-0.25, -0.2) is 18.6 Å². The Morgan fingerprint density at radius 2 is 2.27 bits per heavy atom. The molecular weight excluding hydrogens is 342 g/mol. The molecule has 1 aromatic heterocycles. The van der Waals surface area contributed by atoms with E-state index < -0.39 is 23.7 Å². The second-order valence-corrected chi connectivity index (χ2v) is 4.01. The van der Waals surface area contributed by atoms with Gasteiger partial charge in [-0.2, -0.15) is 0 Å². The molecule has 1 aromatic rings. The van der Waals surface area contributed by atoms with E-state index in [4.69, 9.17) is 11.6 Å². The van der Waals surface area contributed by atoms with Crippen molar-refractivity contribution in [3.63, 3.8) is 0 Å². The lowest BCUT2D eigenvalue weighted by molar-refractivity contribution is 0.0581. The molecule has 0 bridgehead atoms. The van der Waals surface area contributed by atoms with E-state index in [1.165, 1.54) is 6.20 Å². The van der Waals surface area contributed by atoms with Gasteiger partial charge in [-0.05, 0) is 22.6 Å². The van der Waals surface area contributed by atoms with Crippen molar-refractivity contribution >= 4 is 40.2 Å². The first-order chi connectivity index (χ1) is 6.99. The Bertz CT molecular complexity index is 400. The minimum absolute atomic E-state index is 0.166. The smallest absolute Gasteiger partial charge is 0.357 e. The van der Waals surface area contributed by atoms with Crippen LogP contribution < -0.4 is 0 Å². The highest BCUT2D eigenvalue weighted by atomic mass is 127. The maximum absolute atomic E-state index is 12.6. The van der Waals surface area contributed by atoms with E-state index in [0.717, 1.165) is 7.11 Å². The zero-order valence-corrected chi connectivity index (χ0v) is 10.3. The van der Waals surface area contributed by atoms with Gasteiger partial charge in [-0.1, -0.05) is 11.6 Å². The molecule has 1 heterocycles. The summed E-state index contributed by atoms with van der Waals surface area (Å²) in [6.07, 6.45) is -1.63. The van der Waals surface area contributed by atoms with Crippen molar-refractivity contribution in [1.29, 1.82) is 0 Å². The number of aromatic nitrogens is 1. The number of ether oxygens (including phenoxy) is 1. The van der Waals surface area contributed by atoms with E-state index in [-0.39, 0.29) is 5.02 Å². The number of hydrogen-bond donors (Lipinski definition) is 0. The van der Waals surface area contributed by atoms with Crippen molar-refractivity contribution in [1.82, 2.24) is 4.98 Å². The first-order valence-corrected chi connectivity index (χ1v) is 5.15. The Labute approximate surface area is 103 Å². The molecule has 0 aromatic carbocycles. The number of carbonyl (C=O) groups excluding carboxylic acids is 1. The van der Waals surface area contributed by atoms with E-state index >= 15 is 0 Å². The molecule has 0 amide bonds. The molecule has 0 fully saturated rings. The average Bonchev–Trinajstić information content (AvgIpc) is 2.20. The van der Waals surface area contributed by atoms with Crippen molar-refractivity contribution in [3.05, 3.63) is 26.0 Å². The minimum Gasteiger partial charge on any atom is -0.464 e.